The minimum absolute atomic E-state index is 0.164. The third kappa shape index (κ3) is 2.70. The Bertz CT molecular complexity index is 438. The maximum absolute atomic E-state index is 13.6. The normalized spacial score (nSPS) is 14.4. The van der Waals surface area contributed by atoms with Crippen LogP contribution in [0.25, 0.3) is 0 Å². The largest absolute Gasteiger partial charge is 0.367 e. The molecule has 0 radical (unpaired) electrons. The van der Waals surface area contributed by atoms with Crippen molar-refractivity contribution in [2.75, 3.05) is 11.4 Å². The van der Waals surface area contributed by atoms with Crippen molar-refractivity contribution in [2.45, 2.75) is 31.2 Å². The van der Waals surface area contributed by atoms with E-state index >= 15 is 0 Å². The molecule has 4 heteroatoms. The minimum Gasteiger partial charge on any atom is -0.367 e. The maximum atomic E-state index is 13.6. The zero-order chi connectivity index (χ0) is 12.3. The average Bonchev–Trinajstić information content (AvgIpc) is 3.14. The Morgan fingerprint density at radius 1 is 1.47 bits per heavy atom. The minimum atomic E-state index is -0.264. The number of halogens is 2. The summed E-state index contributed by atoms with van der Waals surface area (Å²) in [6.07, 6.45) is 2.68. The van der Waals surface area contributed by atoms with Gasteiger partial charge in [-0.2, -0.15) is 5.26 Å². The van der Waals surface area contributed by atoms with Crippen LogP contribution in [0.3, 0.4) is 0 Å². The van der Waals surface area contributed by atoms with Gasteiger partial charge in [-0.05, 0) is 25.0 Å². The monoisotopic (exact) mass is 252 g/mol. The summed E-state index contributed by atoms with van der Waals surface area (Å²) in [5.74, 6) is -0.0993. The number of anilines is 1. The van der Waals surface area contributed by atoms with Crippen LogP contribution >= 0.6 is 11.6 Å². The van der Waals surface area contributed by atoms with Gasteiger partial charge in [0, 0.05) is 23.8 Å². The molecule has 1 aliphatic carbocycles. The van der Waals surface area contributed by atoms with Gasteiger partial charge in [0.25, 0.3) is 0 Å². The molecule has 2 rings (SSSR count). The van der Waals surface area contributed by atoms with E-state index in [-0.39, 0.29) is 11.7 Å². The molecule has 0 aromatic heterocycles. The van der Waals surface area contributed by atoms with E-state index in [0.29, 0.717) is 24.6 Å². The summed E-state index contributed by atoms with van der Waals surface area (Å²) in [6.45, 7) is 0.647. The first kappa shape index (κ1) is 12.2. The van der Waals surface area contributed by atoms with Crippen LogP contribution in [0.1, 0.15) is 24.8 Å². The van der Waals surface area contributed by atoms with E-state index < -0.39 is 0 Å². The molecule has 1 aliphatic rings. The Morgan fingerprint density at radius 3 is 2.82 bits per heavy atom. The number of hydrogen-bond acceptors (Lipinski definition) is 2. The van der Waals surface area contributed by atoms with Crippen molar-refractivity contribution in [3.63, 3.8) is 0 Å². The highest BCUT2D eigenvalue weighted by Gasteiger charge is 2.30. The first-order valence-corrected chi connectivity index (χ1v) is 6.28. The number of benzene rings is 1. The molecule has 0 heterocycles. The van der Waals surface area contributed by atoms with Crippen molar-refractivity contribution < 1.29 is 4.39 Å². The fourth-order valence-electron chi connectivity index (χ4n) is 2.01. The van der Waals surface area contributed by atoms with Gasteiger partial charge >= 0.3 is 0 Å². The van der Waals surface area contributed by atoms with Crippen molar-refractivity contribution in [1.82, 2.24) is 0 Å². The summed E-state index contributed by atoms with van der Waals surface area (Å²) < 4.78 is 13.6. The number of nitrogens with zero attached hydrogens (tertiary/aromatic N) is 2. The van der Waals surface area contributed by atoms with Crippen LogP contribution in [0.4, 0.5) is 10.1 Å². The third-order valence-corrected chi connectivity index (χ3v) is 3.26. The molecular formula is C13H14ClFN2. The fraction of sp³-hybridized carbons (Fsp3) is 0.462. The van der Waals surface area contributed by atoms with Crippen LogP contribution in [-0.4, -0.2) is 12.6 Å². The van der Waals surface area contributed by atoms with Gasteiger partial charge in [-0.15, -0.1) is 11.6 Å². The number of nitriles is 1. The van der Waals surface area contributed by atoms with Gasteiger partial charge in [-0.3, -0.25) is 0 Å². The van der Waals surface area contributed by atoms with Crippen LogP contribution < -0.4 is 4.90 Å². The molecule has 17 heavy (non-hydrogen) atoms. The maximum Gasteiger partial charge on any atom is 0.129 e. The van der Waals surface area contributed by atoms with Crippen LogP contribution in [-0.2, 0) is 5.88 Å². The summed E-state index contributed by atoms with van der Waals surface area (Å²) in [5, 5.41) is 8.67. The highest BCUT2D eigenvalue weighted by molar-refractivity contribution is 6.17. The molecule has 90 valence electrons. The molecule has 0 amide bonds. The zero-order valence-corrected chi connectivity index (χ0v) is 10.3. The summed E-state index contributed by atoms with van der Waals surface area (Å²) in [4.78, 5) is 2.12. The molecule has 0 atom stereocenters. The predicted octanol–water partition coefficient (Wildman–Crippen LogP) is 3.45. The second kappa shape index (κ2) is 5.37. The van der Waals surface area contributed by atoms with Crippen LogP contribution in [0.5, 0.6) is 0 Å². The Morgan fingerprint density at radius 2 is 2.24 bits per heavy atom. The van der Waals surface area contributed by atoms with Gasteiger partial charge in [0.05, 0.1) is 18.4 Å². The molecule has 1 aromatic carbocycles. The lowest BCUT2D eigenvalue weighted by Gasteiger charge is -2.26. The molecule has 0 saturated heterocycles. The van der Waals surface area contributed by atoms with Gasteiger partial charge < -0.3 is 4.90 Å². The fourth-order valence-corrected chi connectivity index (χ4v) is 2.27. The molecule has 2 nitrogen and oxygen atoms in total. The second-order valence-electron chi connectivity index (χ2n) is 4.20. The van der Waals surface area contributed by atoms with Gasteiger partial charge in [0.15, 0.2) is 0 Å². The second-order valence-corrected chi connectivity index (χ2v) is 4.47. The van der Waals surface area contributed by atoms with Crippen molar-refractivity contribution in [3.05, 3.63) is 29.6 Å². The van der Waals surface area contributed by atoms with E-state index in [1.54, 1.807) is 6.07 Å². The van der Waals surface area contributed by atoms with Crippen molar-refractivity contribution >= 4 is 17.3 Å². The molecule has 0 aliphatic heterocycles. The molecule has 0 spiro atoms. The number of hydrogen-bond donors (Lipinski definition) is 0. The van der Waals surface area contributed by atoms with Crippen molar-refractivity contribution in [1.29, 1.82) is 5.26 Å². The van der Waals surface area contributed by atoms with E-state index in [2.05, 4.69) is 11.0 Å². The highest BCUT2D eigenvalue weighted by atomic mass is 35.5. The van der Waals surface area contributed by atoms with E-state index in [4.69, 9.17) is 16.9 Å². The molecule has 1 aromatic rings. The summed E-state index contributed by atoms with van der Waals surface area (Å²) in [5.41, 5.74) is 1.39. The lowest BCUT2D eigenvalue weighted by atomic mass is 10.1. The first-order chi connectivity index (χ1) is 8.27. The number of alkyl halides is 1. The average molecular weight is 253 g/mol. The van der Waals surface area contributed by atoms with E-state index in [9.17, 15) is 4.39 Å². The molecule has 0 N–H and O–H groups in total. The molecule has 0 unspecified atom stereocenters. The molecular weight excluding hydrogens is 239 g/mol. The first-order valence-electron chi connectivity index (χ1n) is 5.75. The van der Waals surface area contributed by atoms with Gasteiger partial charge in [-0.1, -0.05) is 6.07 Å². The highest BCUT2D eigenvalue weighted by Crippen LogP contribution is 2.35. The summed E-state index contributed by atoms with van der Waals surface area (Å²) in [7, 11) is 0. The van der Waals surface area contributed by atoms with E-state index in [0.717, 1.165) is 18.5 Å². The van der Waals surface area contributed by atoms with Gasteiger partial charge in [0.2, 0.25) is 0 Å². The Balaban J connectivity index is 2.28. The van der Waals surface area contributed by atoms with Gasteiger partial charge in [-0.25, -0.2) is 4.39 Å². The summed E-state index contributed by atoms with van der Waals surface area (Å²) >= 11 is 5.81. The van der Waals surface area contributed by atoms with E-state index in [1.165, 1.54) is 6.07 Å². The molecule has 0 bridgehead atoms. The lowest BCUT2D eigenvalue weighted by molar-refractivity contribution is 0.614. The van der Waals surface area contributed by atoms with Crippen LogP contribution in [0.2, 0.25) is 0 Å². The van der Waals surface area contributed by atoms with Crippen molar-refractivity contribution in [2.24, 2.45) is 0 Å². The predicted molar refractivity (Wildman–Crippen MR) is 66.6 cm³/mol. The zero-order valence-electron chi connectivity index (χ0n) is 9.50. The standard InChI is InChI=1S/C13H14ClFN2/c14-9-11-12(15)3-1-4-13(11)17(8-2-7-16)10-5-6-10/h1,3-4,10H,2,5-6,8-9H2. The Hall–Kier alpha value is -1.27. The smallest absolute Gasteiger partial charge is 0.129 e. The van der Waals surface area contributed by atoms with Gasteiger partial charge in [0.1, 0.15) is 5.82 Å². The number of rotatable bonds is 5. The SMILES string of the molecule is N#CCCN(c1cccc(F)c1CCl)C1CC1. The lowest BCUT2D eigenvalue weighted by Crippen LogP contribution is -2.27. The van der Waals surface area contributed by atoms with Crippen LogP contribution in [0, 0.1) is 17.1 Å². The Labute approximate surface area is 106 Å². The van der Waals surface area contributed by atoms with E-state index in [1.807, 2.05) is 6.07 Å². The topological polar surface area (TPSA) is 27.0 Å². The van der Waals surface area contributed by atoms with Crippen LogP contribution in [0.15, 0.2) is 18.2 Å². The molecule has 1 saturated carbocycles. The molecule has 1 fully saturated rings. The Kier molecular flexibility index (Phi) is 3.86. The van der Waals surface area contributed by atoms with Crippen molar-refractivity contribution in [3.8, 4) is 6.07 Å². The quantitative estimate of drug-likeness (QED) is 0.751. The summed E-state index contributed by atoms with van der Waals surface area (Å²) in [6, 6.07) is 7.59. The third-order valence-electron chi connectivity index (χ3n) is 2.99.